The quantitative estimate of drug-likeness (QED) is 0.524. The van der Waals surface area contributed by atoms with Crippen molar-refractivity contribution in [2.24, 2.45) is 0 Å². The van der Waals surface area contributed by atoms with Gasteiger partial charge in [0.1, 0.15) is 6.54 Å². The molecular weight excluding hydrogens is 508 g/mol. The average molecular weight is 537 g/mol. The van der Waals surface area contributed by atoms with E-state index in [1.807, 2.05) is 0 Å². The highest BCUT2D eigenvalue weighted by atomic mass is 35.5. The first-order valence-electron chi connectivity index (χ1n) is 11.7. The molecule has 3 amide bonds. The number of nitrogens with one attached hydrogen (secondary N) is 1. The van der Waals surface area contributed by atoms with Crippen molar-refractivity contribution in [2.45, 2.75) is 25.0 Å². The maximum Gasteiger partial charge on any atom is 0.255 e. The van der Waals surface area contributed by atoms with Crippen LogP contribution in [-0.4, -0.2) is 91.4 Å². The van der Waals surface area contributed by atoms with Crippen molar-refractivity contribution >= 4 is 45.8 Å². The number of thiazole rings is 1. The Balaban J connectivity index is 1.30. The van der Waals surface area contributed by atoms with E-state index in [1.54, 1.807) is 34.5 Å². The van der Waals surface area contributed by atoms with Gasteiger partial charge in [-0.25, -0.2) is 4.98 Å². The zero-order valence-electron chi connectivity index (χ0n) is 20.0. The van der Waals surface area contributed by atoms with E-state index in [2.05, 4.69) is 10.3 Å². The molecule has 2 fully saturated rings. The Kier molecular flexibility index (Phi) is 8.91. The molecule has 2 aromatic rings. The third-order valence-corrected chi connectivity index (χ3v) is 7.25. The van der Waals surface area contributed by atoms with E-state index in [0.717, 1.165) is 0 Å². The highest BCUT2D eigenvalue weighted by molar-refractivity contribution is 7.13. The number of aromatic nitrogens is 1. The van der Waals surface area contributed by atoms with Crippen molar-refractivity contribution < 1.29 is 28.6 Å². The number of piperidine rings is 1. The molecule has 36 heavy (non-hydrogen) atoms. The zero-order valence-corrected chi connectivity index (χ0v) is 21.6. The fraction of sp³-hybridized carbons (Fsp3) is 0.500. The summed E-state index contributed by atoms with van der Waals surface area (Å²) in [5, 5.41) is 5.15. The Hall–Kier alpha value is -2.57. The van der Waals surface area contributed by atoms with Crippen LogP contribution in [0, 0.1) is 0 Å². The minimum Gasteiger partial charge on any atom is -0.383 e. The van der Waals surface area contributed by atoms with E-state index in [4.69, 9.17) is 25.8 Å². The molecule has 10 nitrogen and oxygen atoms in total. The lowest BCUT2D eigenvalue weighted by Gasteiger charge is -2.37. The van der Waals surface area contributed by atoms with Gasteiger partial charge in [-0.1, -0.05) is 23.7 Å². The largest absolute Gasteiger partial charge is 0.383 e. The molecule has 0 unspecified atom stereocenters. The summed E-state index contributed by atoms with van der Waals surface area (Å²) in [4.78, 5) is 45.9. The van der Waals surface area contributed by atoms with Gasteiger partial charge in [0.25, 0.3) is 5.91 Å². The molecule has 0 atom stereocenters. The normalized spacial score (nSPS) is 16.8. The first-order chi connectivity index (χ1) is 17.4. The van der Waals surface area contributed by atoms with Gasteiger partial charge in [-0.2, -0.15) is 0 Å². The molecule has 194 valence electrons. The average Bonchev–Trinajstić information content (AvgIpc) is 3.51. The van der Waals surface area contributed by atoms with Gasteiger partial charge in [-0.15, -0.1) is 11.3 Å². The Morgan fingerprint density at radius 3 is 2.64 bits per heavy atom. The van der Waals surface area contributed by atoms with Crippen LogP contribution in [0.1, 0.15) is 28.9 Å². The number of benzene rings is 1. The Morgan fingerprint density at radius 2 is 1.94 bits per heavy atom. The predicted molar refractivity (Wildman–Crippen MR) is 134 cm³/mol. The first-order valence-corrected chi connectivity index (χ1v) is 13.0. The highest BCUT2D eigenvalue weighted by Crippen LogP contribution is 2.31. The van der Waals surface area contributed by atoms with Crippen molar-refractivity contribution in [3.8, 4) is 0 Å². The summed E-state index contributed by atoms with van der Waals surface area (Å²) in [5.41, 5.74) is 0.894. The molecule has 1 spiro atoms. The summed E-state index contributed by atoms with van der Waals surface area (Å²) in [5.74, 6) is -1.33. The molecule has 2 aliphatic heterocycles. The lowest BCUT2D eigenvalue weighted by atomic mass is 10.0. The Morgan fingerprint density at radius 1 is 1.22 bits per heavy atom. The van der Waals surface area contributed by atoms with Crippen LogP contribution in [0.5, 0.6) is 0 Å². The molecule has 2 saturated heterocycles. The van der Waals surface area contributed by atoms with Gasteiger partial charge in [-0.05, 0) is 12.1 Å². The van der Waals surface area contributed by atoms with Gasteiger partial charge in [0.2, 0.25) is 11.8 Å². The highest BCUT2D eigenvalue weighted by Gasteiger charge is 2.40. The van der Waals surface area contributed by atoms with E-state index in [0.29, 0.717) is 60.6 Å². The molecule has 1 aromatic carbocycles. The number of hydrogen-bond donors (Lipinski definition) is 1. The van der Waals surface area contributed by atoms with Crippen LogP contribution in [0.2, 0.25) is 5.02 Å². The number of halogens is 1. The number of hydrogen-bond acceptors (Lipinski definition) is 8. The molecule has 0 radical (unpaired) electrons. The molecule has 0 bridgehead atoms. The summed E-state index contributed by atoms with van der Waals surface area (Å²) in [6, 6.07) is 6.68. The smallest absolute Gasteiger partial charge is 0.255 e. The maximum atomic E-state index is 13.0. The maximum absolute atomic E-state index is 13.0. The van der Waals surface area contributed by atoms with Crippen LogP contribution < -0.4 is 5.32 Å². The van der Waals surface area contributed by atoms with E-state index < -0.39 is 11.7 Å². The topological polar surface area (TPSA) is 110 Å². The summed E-state index contributed by atoms with van der Waals surface area (Å²) in [6.45, 7) is 2.63. The number of methoxy groups -OCH3 is 1. The molecule has 3 heterocycles. The van der Waals surface area contributed by atoms with Gasteiger partial charge in [0, 0.05) is 45.0 Å². The van der Waals surface area contributed by atoms with Crippen LogP contribution in [0.15, 0.2) is 29.6 Å². The summed E-state index contributed by atoms with van der Waals surface area (Å²) in [7, 11) is 1.52. The molecule has 1 N–H and O–H groups in total. The van der Waals surface area contributed by atoms with E-state index in [9.17, 15) is 14.4 Å². The summed E-state index contributed by atoms with van der Waals surface area (Å²) >= 11 is 7.40. The van der Waals surface area contributed by atoms with Gasteiger partial charge in [0.15, 0.2) is 10.9 Å². The second kappa shape index (κ2) is 12.1. The number of nitrogens with zero attached hydrogens (tertiary/aromatic N) is 3. The fourth-order valence-electron chi connectivity index (χ4n) is 4.19. The van der Waals surface area contributed by atoms with E-state index >= 15 is 0 Å². The molecule has 2 aliphatic rings. The number of rotatable bonds is 9. The van der Waals surface area contributed by atoms with Gasteiger partial charge >= 0.3 is 0 Å². The standard InChI is InChI=1S/C24H29ClN4O6S/c1-33-11-10-29(22(32)18-4-2-3-5-19(18)25)15-20(30)27-23-26-17(16-36-23)14-21(31)28-8-6-24(7-9-28)34-12-13-35-24/h2-5,16H,6-15H2,1H3,(H,26,27,30). The minimum atomic E-state index is -0.529. The monoisotopic (exact) mass is 536 g/mol. The Bertz CT molecular complexity index is 1080. The van der Waals surface area contributed by atoms with Crippen molar-refractivity contribution in [3.05, 3.63) is 45.9 Å². The van der Waals surface area contributed by atoms with Crippen molar-refractivity contribution in [3.63, 3.8) is 0 Å². The van der Waals surface area contributed by atoms with Crippen LogP contribution in [0.4, 0.5) is 5.13 Å². The number of ether oxygens (including phenoxy) is 3. The van der Waals surface area contributed by atoms with E-state index in [-0.39, 0.29) is 37.9 Å². The molecular formula is C24H29ClN4O6S. The fourth-order valence-corrected chi connectivity index (χ4v) is 5.13. The molecule has 0 saturated carbocycles. The SMILES string of the molecule is COCCN(CC(=O)Nc1nc(CC(=O)N2CCC3(CC2)OCCO3)cs1)C(=O)c1ccccc1Cl. The first kappa shape index (κ1) is 26.5. The lowest BCUT2D eigenvalue weighted by molar-refractivity contribution is -0.187. The van der Waals surface area contributed by atoms with Crippen LogP contribution >= 0.6 is 22.9 Å². The lowest BCUT2D eigenvalue weighted by Crippen LogP contribution is -2.47. The van der Waals surface area contributed by atoms with E-state index in [1.165, 1.54) is 23.3 Å². The number of carbonyl (C=O) groups is 3. The van der Waals surface area contributed by atoms with Gasteiger partial charge in [0.05, 0.1) is 42.5 Å². The minimum absolute atomic E-state index is 0.0258. The number of amides is 3. The second-order valence-corrected chi connectivity index (χ2v) is 9.82. The van der Waals surface area contributed by atoms with Crippen LogP contribution in [0.3, 0.4) is 0 Å². The van der Waals surface area contributed by atoms with Crippen LogP contribution in [-0.2, 0) is 30.2 Å². The van der Waals surface area contributed by atoms with Gasteiger partial charge < -0.3 is 29.3 Å². The van der Waals surface area contributed by atoms with Crippen molar-refractivity contribution in [1.29, 1.82) is 0 Å². The van der Waals surface area contributed by atoms with Crippen molar-refractivity contribution in [1.82, 2.24) is 14.8 Å². The molecule has 12 heteroatoms. The predicted octanol–water partition coefficient (Wildman–Crippen LogP) is 2.43. The molecule has 1 aromatic heterocycles. The Labute approximate surface area is 218 Å². The molecule has 0 aliphatic carbocycles. The van der Waals surface area contributed by atoms with Gasteiger partial charge in [-0.3, -0.25) is 14.4 Å². The van der Waals surface area contributed by atoms with Crippen molar-refractivity contribution in [2.75, 3.05) is 58.4 Å². The molecule has 4 rings (SSSR count). The number of likely N-dealkylation sites (tertiary alicyclic amines) is 1. The third-order valence-electron chi connectivity index (χ3n) is 6.11. The zero-order chi connectivity index (χ0) is 25.5. The number of anilines is 1. The summed E-state index contributed by atoms with van der Waals surface area (Å²) in [6.07, 6.45) is 1.46. The second-order valence-electron chi connectivity index (χ2n) is 8.56. The van der Waals surface area contributed by atoms with Crippen LogP contribution in [0.25, 0.3) is 0 Å². The number of carbonyl (C=O) groups excluding carboxylic acids is 3. The third kappa shape index (κ3) is 6.60. The summed E-state index contributed by atoms with van der Waals surface area (Å²) < 4.78 is 16.5.